The molecule has 0 aliphatic carbocycles. The van der Waals surface area contributed by atoms with Gasteiger partial charge in [0.1, 0.15) is 11.6 Å². The topological polar surface area (TPSA) is 57.8 Å². The van der Waals surface area contributed by atoms with Crippen LogP contribution in [0, 0.1) is 12.7 Å². The Morgan fingerprint density at radius 3 is 2.76 bits per heavy atom. The van der Waals surface area contributed by atoms with Crippen molar-refractivity contribution in [2.24, 2.45) is 0 Å². The molecule has 2 N–H and O–H groups in total. The minimum Gasteiger partial charge on any atom is -0.379 e. The average Bonchev–Trinajstić information content (AvgIpc) is 2.60. The Morgan fingerprint density at radius 2 is 1.92 bits per heavy atom. The van der Waals surface area contributed by atoms with E-state index in [0.717, 1.165) is 16.3 Å². The molecule has 1 aromatic heterocycles. The minimum atomic E-state index is -0.287. The highest BCUT2D eigenvalue weighted by atomic mass is 19.1. The summed E-state index contributed by atoms with van der Waals surface area (Å²) in [6.45, 7) is 2.23. The van der Waals surface area contributed by atoms with Crippen LogP contribution in [0.3, 0.4) is 0 Å². The van der Waals surface area contributed by atoms with E-state index in [0.29, 0.717) is 29.0 Å². The first-order chi connectivity index (χ1) is 12.1. The summed E-state index contributed by atoms with van der Waals surface area (Å²) >= 11 is 0. The number of H-pyrrole nitrogens is 1. The number of nitrogens with zero attached hydrogens (tertiary/aromatic N) is 1. The Labute approximate surface area is 143 Å². The van der Waals surface area contributed by atoms with Crippen LogP contribution in [0.5, 0.6) is 0 Å². The van der Waals surface area contributed by atoms with Gasteiger partial charge in [-0.2, -0.15) is 0 Å². The van der Waals surface area contributed by atoms with Crippen molar-refractivity contribution in [1.29, 1.82) is 0 Å². The molecule has 1 heterocycles. The standard InChI is InChI=1S/C20H16FN3O/c1-12-23-18-9-8-14-7-6-13(10-15(14)19(18)20(25)24-12)11-22-17-5-3-2-4-16(17)21/h2-10,22H,11H2,1H3,(H,23,24,25). The molecule has 0 bridgehead atoms. The van der Waals surface area contributed by atoms with Crippen LogP contribution in [-0.2, 0) is 6.54 Å². The second-order valence-corrected chi connectivity index (χ2v) is 6.00. The Morgan fingerprint density at radius 1 is 1.12 bits per heavy atom. The molecule has 0 fully saturated rings. The third-order valence-electron chi connectivity index (χ3n) is 4.23. The van der Waals surface area contributed by atoms with Crippen molar-refractivity contribution in [2.75, 3.05) is 5.32 Å². The van der Waals surface area contributed by atoms with Gasteiger partial charge in [0.15, 0.2) is 0 Å². The minimum absolute atomic E-state index is 0.146. The van der Waals surface area contributed by atoms with Gasteiger partial charge in [-0.05, 0) is 47.5 Å². The lowest BCUT2D eigenvalue weighted by molar-refractivity contribution is 0.630. The summed E-state index contributed by atoms with van der Waals surface area (Å²) in [5, 5.41) is 5.49. The Balaban J connectivity index is 1.77. The molecule has 0 aliphatic heterocycles. The Hall–Kier alpha value is -3.21. The molecule has 124 valence electrons. The summed E-state index contributed by atoms with van der Waals surface area (Å²) in [6.07, 6.45) is 0. The summed E-state index contributed by atoms with van der Waals surface area (Å²) in [5.41, 5.74) is 1.94. The fraction of sp³-hybridized carbons (Fsp3) is 0.100. The largest absolute Gasteiger partial charge is 0.379 e. The van der Waals surface area contributed by atoms with Gasteiger partial charge in [0.05, 0.1) is 16.6 Å². The summed E-state index contributed by atoms with van der Waals surface area (Å²) in [6, 6.07) is 16.3. The number of fused-ring (bicyclic) bond motifs is 3. The van der Waals surface area contributed by atoms with Crippen molar-refractivity contribution in [1.82, 2.24) is 9.97 Å². The fourth-order valence-corrected chi connectivity index (χ4v) is 3.03. The number of benzene rings is 3. The lowest BCUT2D eigenvalue weighted by Crippen LogP contribution is -2.10. The van der Waals surface area contributed by atoms with Gasteiger partial charge < -0.3 is 10.3 Å². The number of halogens is 1. The number of hydrogen-bond donors (Lipinski definition) is 2. The Kier molecular flexibility index (Phi) is 3.69. The molecular formula is C20H16FN3O. The maximum absolute atomic E-state index is 13.7. The molecule has 25 heavy (non-hydrogen) atoms. The number of para-hydroxylation sites is 1. The van der Waals surface area contributed by atoms with Gasteiger partial charge in [-0.15, -0.1) is 0 Å². The van der Waals surface area contributed by atoms with E-state index in [2.05, 4.69) is 15.3 Å². The molecule has 4 nitrogen and oxygen atoms in total. The second kappa shape index (κ2) is 6.02. The fourth-order valence-electron chi connectivity index (χ4n) is 3.03. The first-order valence-electron chi connectivity index (χ1n) is 8.02. The van der Waals surface area contributed by atoms with Crippen LogP contribution in [-0.4, -0.2) is 9.97 Å². The van der Waals surface area contributed by atoms with Crippen LogP contribution in [0.1, 0.15) is 11.4 Å². The van der Waals surface area contributed by atoms with Crippen LogP contribution >= 0.6 is 0 Å². The van der Waals surface area contributed by atoms with Gasteiger partial charge in [-0.25, -0.2) is 9.37 Å². The predicted octanol–water partition coefficient (Wildman–Crippen LogP) is 4.14. The van der Waals surface area contributed by atoms with Crippen molar-refractivity contribution in [2.45, 2.75) is 13.5 Å². The molecular weight excluding hydrogens is 317 g/mol. The van der Waals surface area contributed by atoms with Crippen molar-refractivity contribution in [3.63, 3.8) is 0 Å². The van der Waals surface area contributed by atoms with E-state index in [4.69, 9.17) is 0 Å². The number of aromatic amines is 1. The Bertz CT molecular complexity index is 1150. The maximum atomic E-state index is 13.7. The monoisotopic (exact) mass is 333 g/mol. The molecule has 0 radical (unpaired) electrons. The van der Waals surface area contributed by atoms with Gasteiger partial charge in [-0.1, -0.05) is 30.3 Å². The van der Waals surface area contributed by atoms with E-state index < -0.39 is 0 Å². The highest BCUT2D eigenvalue weighted by Gasteiger charge is 2.08. The van der Waals surface area contributed by atoms with E-state index in [1.54, 1.807) is 25.1 Å². The van der Waals surface area contributed by atoms with Crippen LogP contribution in [0.2, 0.25) is 0 Å². The molecule has 3 aromatic carbocycles. The summed E-state index contributed by atoms with van der Waals surface area (Å²) < 4.78 is 13.7. The number of rotatable bonds is 3. The molecule has 0 saturated heterocycles. The van der Waals surface area contributed by atoms with Gasteiger partial charge in [-0.3, -0.25) is 4.79 Å². The molecule has 0 saturated carbocycles. The zero-order chi connectivity index (χ0) is 17.4. The molecule has 0 aliphatic rings. The molecule has 4 rings (SSSR count). The molecule has 4 aromatic rings. The summed E-state index contributed by atoms with van der Waals surface area (Å²) in [5.74, 6) is 0.305. The van der Waals surface area contributed by atoms with Crippen LogP contribution in [0.4, 0.5) is 10.1 Å². The van der Waals surface area contributed by atoms with Crippen molar-refractivity contribution in [3.8, 4) is 0 Å². The third-order valence-corrected chi connectivity index (χ3v) is 4.23. The molecule has 5 heteroatoms. The average molecular weight is 333 g/mol. The maximum Gasteiger partial charge on any atom is 0.259 e. The van der Waals surface area contributed by atoms with Crippen LogP contribution < -0.4 is 10.9 Å². The zero-order valence-corrected chi connectivity index (χ0v) is 13.6. The number of nitrogens with one attached hydrogen (secondary N) is 2. The lowest BCUT2D eigenvalue weighted by Gasteiger charge is -2.09. The van der Waals surface area contributed by atoms with Crippen molar-refractivity contribution in [3.05, 3.63) is 82.2 Å². The highest BCUT2D eigenvalue weighted by molar-refractivity contribution is 6.05. The quantitative estimate of drug-likeness (QED) is 0.554. The zero-order valence-electron chi connectivity index (χ0n) is 13.6. The number of anilines is 1. The van der Waals surface area contributed by atoms with E-state index in [9.17, 15) is 9.18 Å². The number of hydrogen-bond acceptors (Lipinski definition) is 3. The smallest absolute Gasteiger partial charge is 0.259 e. The SMILES string of the molecule is Cc1nc2ccc3ccc(CNc4ccccc4F)cc3c2c(=O)[nH]1. The predicted molar refractivity (Wildman–Crippen MR) is 98.3 cm³/mol. The van der Waals surface area contributed by atoms with E-state index in [-0.39, 0.29) is 11.4 Å². The first kappa shape index (κ1) is 15.3. The summed E-state index contributed by atoms with van der Waals surface area (Å²) in [4.78, 5) is 19.5. The van der Waals surface area contributed by atoms with Gasteiger partial charge in [0, 0.05) is 6.54 Å². The third kappa shape index (κ3) is 2.85. The van der Waals surface area contributed by atoms with E-state index in [1.807, 2.05) is 30.3 Å². The van der Waals surface area contributed by atoms with Gasteiger partial charge in [0.25, 0.3) is 5.56 Å². The highest BCUT2D eigenvalue weighted by Crippen LogP contribution is 2.23. The molecule has 0 amide bonds. The molecule has 0 unspecified atom stereocenters. The van der Waals surface area contributed by atoms with E-state index in [1.165, 1.54) is 6.07 Å². The number of aryl methyl sites for hydroxylation is 1. The van der Waals surface area contributed by atoms with Crippen molar-refractivity contribution < 1.29 is 4.39 Å². The molecule has 0 spiro atoms. The molecule has 0 atom stereocenters. The van der Waals surface area contributed by atoms with Gasteiger partial charge >= 0.3 is 0 Å². The normalized spacial score (nSPS) is 11.1. The van der Waals surface area contributed by atoms with Gasteiger partial charge in [0.2, 0.25) is 0 Å². The van der Waals surface area contributed by atoms with Crippen molar-refractivity contribution >= 4 is 27.4 Å². The van der Waals surface area contributed by atoms with E-state index >= 15 is 0 Å². The second-order valence-electron chi connectivity index (χ2n) is 6.00. The number of aromatic nitrogens is 2. The lowest BCUT2D eigenvalue weighted by atomic mass is 10.0. The van der Waals surface area contributed by atoms with Crippen LogP contribution in [0.25, 0.3) is 21.7 Å². The summed E-state index contributed by atoms with van der Waals surface area (Å²) in [7, 11) is 0. The first-order valence-corrected chi connectivity index (χ1v) is 8.02. The van der Waals surface area contributed by atoms with Crippen LogP contribution in [0.15, 0.2) is 59.4 Å².